The number of amides is 2. The predicted molar refractivity (Wildman–Crippen MR) is 48.7 cm³/mol. The molecule has 0 radical (unpaired) electrons. The molecule has 2 N–H and O–H groups in total. The molecule has 1 aliphatic rings. The molecule has 1 aliphatic heterocycles. The van der Waals surface area contributed by atoms with Gasteiger partial charge in [0.05, 0.1) is 0 Å². The van der Waals surface area contributed by atoms with Crippen LogP contribution in [0, 0.1) is 0 Å². The largest absolute Gasteiger partial charge is 0.366 e. The maximum absolute atomic E-state index is 11.3. The Labute approximate surface area is 77.4 Å². The summed E-state index contributed by atoms with van der Waals surface area (Å²) in [5.74, 6) is -0.619. The second-order valence-corrected chi connectivity index (χ2v) is 3.25. The van der Waals surface area contributed by atoms with Crippen LogP contribution in [0.5, 0.6) is 0 Å². The minimum Gasteiger partial charge on any atom is -0.366 e. The smallest absolute Gasteiger partial charge is 0.247 e. The fraction of sp³-hybridized carbons (Fsp3) is 0.556. The summed E-state index contributed by atoms with van der Waals surface area (Å²) in [5, 5.41) is 0. The molecule has 0 aliphatic carbocycles. The lowest BCUT2D eigenvalue weighted by Gasteiger charge is -2.30. The minimum atomic E-state index is -0.486. The lowest BCUT2D eigenvalue weighted by molar-refractivity contribution is -0.128. The van der Waals surface area contributed by atoms with Gasteiger partial charge in [0, 0.05) is 24.7 Å². The van der Waals surface area contributed by atoms with Crippen LogP contribution in [0.1, 0.15) is 19.8 Å². The van der Waals surface area contributed by atoms with E-state index in [1.165, 1.54) is 6.08 Å². The molecular weight excluding hydrogens is 168 g/mol. The zero-order valence-electron chi connectivity index (χ0n) is 7.91. The predicted octanol–water partition coefficient (Wildman–Crippen LogP) is 0.0388. The summed E-state index contributed by atoms with van der Waals surface area (Å²) in [6, 6.07) is 0.111. The van der Waals surface area contributed by atoms with Gasteiger partial charge in [0.15, 0.2) is 0 Å². The van der Waals surface area contributed by atoms with Gasteiger partial charge >= 0.3 is 0 Å². The Kier molecular flexibility index (Phi) is 2.70. The van der Waals surface area contributed by atoms with Crippen molar-refractivity contribution < 1.29 is 9.59 Å². The van der Waals surface area contributed by atoms with Crippen LogP contribution >= 0.6 is 0 Å². The summed E-state index contributed by atoms with van der Waals surface area (Å²) in [7, 11) is 1.74. The van der Waals surface area contributed by atoms with Gasteiger partial charge in [-0.25, -0.2) is 0 Å². The first-order chi connectivity index (χ1) is 6.06. The minimum absolute atomic E-state index is 0.111. The highest BCUT2D eigenvalue weighted by atomic mass is 16.2. The molecule has 0 aromatic rings. The number of carbonyl (C=O) groups is 2. The summed E-state index contributed by atoms with van der Waals surface area (Å²) >= 11 is 0. The number of carbonyl (C=O) groups excluding carboxylic acids is 2. The summed E-state index contributed by atoms with van der Waals surface area (Å²) in [6.07, 6.45) is 2.75. The third kappa shape index (κ3) is 1.88. The van der Waals surface area contributed by atoms with E-state index in [2.05, 4.69) is 0 Å². The number of likely N-dealkylation sites (N-methyl/N-ethyl adjacent to an activating group) is 1. The molecule has 0 bridgehead atoms. The first kappa shape index (κ1) is 9.77. The van der Waals surface area contributed by atoms with Crippen molar-refractivity contribution >= 4 is 11.8 Å². The second-order valence-electron chi connectivity index (χ2n) is 3.25. The van der Waals surface area contributed by atoms with Gasteiger partial charge in [-0.1, -0.05) is 6.92 Å². The van der Waals surface area contributed by atoms with E-state index in [-0.39, 0.29) is 11.9 Å². The van der Waals surface area contributed by atoms with Crippen LogP contribution in [0.4, 0.5) is 0 Å². The van der Waals surface area contributed by atoms with Crippen LogP contribution in [-0.2, 0) is 9.59 Å². The monoisotopic (exact) mass is 182 g/mol. The third-order valence-corrected chi connectivity index (χ3v) is 2.44. The van der Waals surface area contributed by atoms with Crippen LogP contribution in [0.15, 0.2) is 11.6 Å². The number of hydrogen-bond acceptors (Lipinski definition) is 2. The lowest BCUT2D eigenvalue weighted by Crippen LogP contribution is -2.41. The molecule has 13 heavy (non-hydrogen) atoms. The molecule has 4 nitrogen and oxygen atoms in total. The molecular formula is C9H14N2O2. The lowest BCUT2D eigenvalue weighted by atomic mass is 9.98. The zero-order valence-corrected chi connectivity index (χ0v) is 7.91. The van der Waals surface area contributed by atoms with Crippen molar-refractivity contribution in [1.29, 1.82) is 0 Å². The van der Waals surface area contributed by atoms with Gasteiger partial charge in [-0.2, -0.15) is 0 Å². The van der Waals surface area contributed by atoms with Crippen molar-refractivity contribution in [2.75, 3.05) is 7.05 Å². The quantitative estimate of drug-likeness (QED) is 0.655. The molecule has 2 amide bonds. The summed E-state index contributed by atoms with van der Waals surface area (Å²) < 4.78 is 0. The van der Waals surface area contributed by atoms with Gasteiger partial charge in [-0.05, 0) is 12.8 Å². The van der Waals surface area contributed by atoms with E-state index < -0.39 is 5.91 Å². The molecule has 0 spiro atoms. The van der Waals surface area contributed by atoms with Crippen molar-refractivity contribution in [2.24, 2.45) is 5.73 Å². The first-order valence-corrected chi connectivity index (χ1v) is 4.33. The van der Waals surface area contributed by atoms with Crippen LogP contribution in [0.3, 0.4) is 0 Å². The molecule has 0 saturated carbocycles. The number of hydrogen-bond donors (Lipinski definition) is 1. The Hall–Kier alpha value is -1.32. The fourth-order valence-corrected chi connectivity index (χ4v) is 1.47. The van der Waals surface area contributed by atoms with Crippen molar-refractivity contribution in [3.63, 3.8) is 0 Å². The van der Waals surface area contributed by atoms with Crippen LogP contribution in [-0.4, -0.2) is 29.8 Å². The van der Waals surface area contributed by atoms with Gasteiger partial charge in [-0.3, -0.25) is 9.59 Å². The van der Waals surface area contributed by atoms with Gasteiger partial charge in [0.1, 0.15) is 0 Å². The summed E-state index contributed by atoms with van der Waals surface area (Å²) in [4.78, 5) is 23.8. The van der Waals surface area contributed by atoms with Crippen molar-refractivity contribution in [3.8, 4) is 0 Å². The second kappa shape index (κ2) is 3.60. The fourth-order valence-electron chi connectivity index (χ4n) is 1.47. The van der Waals surface area contributed by atoms with Gasteiger partial charge < -0.3 is 10.6 Å². The van der Waals surface area contributed by atoms with E-state index in [9.17, 15) is 9.59 Å². The number of primary amides is 1. The van der Waals surface area contributed by atoms with Crippen molar-refractivity contribution in [3.05, 3.63) is 11.6 Å². The Morgan fingerprint density at radius 2 is 2.38 bits per heavy atom. The van der Waals surface area contributed by atoms with Crippen molar-refractivity contribution in [2.45, 2.75) is 25.8 Å². The van der Waals surface area contributed by atoms with Gasteiger partial charge in [0.2, 0.25) is 11.8 Å². The Bertz CT molecular complexity index is 271. The van der Waals surface area contributed by atoms with E-state index in [4.69, 9.17) is 5.73 Å². The summed E-state index contributed by atoms with van der Waals surface area (Å²) in [6.45, 7) is 1.98. The number of nitrogens with two attached hydrogens (primary N) is 1. The maximum atomic E-state index is 11.3. The molecule has 1 heterocycles. The third-order valence-electron chi connectivity index (χ3n) is 2.44. The molecule has 72 valence electrons. The number of rotatable bonds is 2. The normalized spacial score (nSPS) is 22.9. The van der Waals surface area contributed by atoms with E-state index in [1.54, 1.807) is 11.9 Å². The van der Waals surface area contributed by atoms with E-state index in [0.717, 1.165) is 6.42 Å². The van der Waals surface area contributed by atoms with Gasteiger partial charge in [-0.15, -0.1) is 0 Å². The highest BCUT2D eigenvalue weighted by molar-refractivity contribution is 6.01. The van der Waals surface area contributed by atoms with Gasteiger partial charge in [0.25, 0.3) is 0 Å². The molecule has 0 fully saturated rings. The van der Waals surface area contributed by atoms with E-state index in [1.807, 2.05) is 6.92 Å². The van der Waals surface area contributed by atoms with E-state index >= 15 is 0 Å². The van der Waals surface area contributed by atoms with E-state index in [0.29, 0.717) is 12.0 Å². The Morgan fingerprint density at radius 3 is 2.85 bits per heavy atom. The molecule has 0 aromatic heterocycles. The standard InChI is InChI=1S/C9H14N2O2/c1-3-7-4-6(9(10)13)5-8(12)11(7)2/h5,7H,3-4H2,1-2H3,(H2,10,13). The van der Waals surface area contributed by atoms with Crippen LogP contribution < -0.4 is 5.73 Å². The average Bonchev–Trinajstić information content (AvgIpc) is 2.09. The average molecular weight is 182 g/mol. The Morgan fingerprint density at radius 1 is 1.77 bits per heavy atom. The maximum Gasteiger partial charge on any atom is 0.247 e. The molecule has 1 atom stereocenters. The first-order valence-electron chi connectivity index (χ1n) is 4.33. The van der Waals surface area contributed by atoms with Crippen LogP contribution in [0.25, 0.3) is 0 Å². The highest BCUT2D eigenvalue weighted by Gasteiger charge is 2.25. The molecule has 4 heteroatoms. The molecule has 0 saturated heterocycles. The Balaban J connectivity index is 2.88. The summed E-state index contributed by atoms with van der Waals surface area (Å²) in [5.41, 5.74) is 5.55. The highest BCUT2D eigenvalue weighted by Crippen LogP contribution is 2.19. The molecule has 0 aromatic carbocycles. The molecule has 1 unspecified atom stereocenters. The zero-order chi connectivity index (χ0) is 10.0. The topological polar surface area (TPSA) is 63.4 Å². The number of nitrogens with zero attached hydrogens (tertiary/aromatic N) is 1. The SMILES string of the molecule is CCC1CC(C(N)=O)=CC(=O)N1C. The van der Waals surface area contributed by atoms with Crippen LogP contribution in [0.2, 0.25) is 0 Å². The van der Waals surface area contributed by atoms with Crippen molar-refractivity contribution in [1.82, 2.24) is 4.90 Å². The molecule has 1 rings (SSSR count).